The van der Waals surface area contributed by atoms with Crippen molar-refractivity contribution >= 4 is 5.91 Å². The molecular formula is C22H27F2NO2. The number of carbonyl (C=O) groups excluding carboxylic acids is 1. The van der Waals surface area contributed by atoms with Crippen LogP contribution in [-0.2, 0) is 11.2 Å². The quantitative estimate of drug-likeness (QED) is 0.656. The van der Waals surface area contributed by atoms with Gasteiger partial charge in [0.15, 0.2) is 0 Å². The lowest BCUT2D eigenvalue weighted by Gasteiger charge is -2.22. The van der Waals surface area contributed by atoms with Crippen LogP contribution in [-0.4, -0.2) is 25.7 Å². The van der Waals surface area contributed by atoms with Crippen LogP contribution in [0.2, 0.25) is 0 Å². The fourth-order valence-electron chi connectivity index (χ4n) is 2.98. The average molecular weight is 375 g/mol. The van der Waals surface area contributed by atoms with Crippen LogP contribution in [0.4, 0.5) is 8.78 Å². The number of benzene rings is 1. The minimum Gasteiger partial charge on any atom is -0.381 e. The summed E-state index contributed by atoms with van der Waals surface area (Å²) < 4.78 is 33.1. The van der Waals surface area contributed by atoms with E-state index in [9.17, 15) is 13.6 Å². The standard InChI is InChI=1S/C22H27F2NO2/c1-3-4-5-19(16(2)23)8-6-17-7-9-20(21(24)14-17)22(26)25-15-18-10-12-27-13-11-18/h3-5,7,9,14,18H,2,6,8,10-13,15H2,1H3,(H,25,26)/b4-3-,19-5-. The van der Waals surface area contributed by atoms with Gasteiger partial charge in [-0.15, -0.1) is 0 Å². The highest BCUT2D eigenvalue weighted by Gasteiger charge is 2.17. The molecular weight excluding hydrogens is 348 g/mol. The number of halogens is 2. The maximum atomic E-state index is 14.4. The molecule has 0 aliphatic carbocycles. The number of nitrogens with one attached hydrogen (secondary N) is 1. The topological polar surface area (TPSA) is 38.3 Å². The number of ether oxygens (including phenoxy) is 1. The van der Waals surface area contributed by atoms with Gasteiger partial charge in [0, 0.05) is 19.8 Å². The molecule has 1 aromatic carbocycles. The van der Waals surface area contributed by atoms with Crippen molar-refractivity contribution in [3.8, 4) is 0 Å². The molecule has 0 unspecified atom stereocenters. The largest absolute Gasteiger partial charge is 0.381 e. The zero-order valence-corrected chi connectivity index (χ0v) is 15.8. The van der Waals surface area contributed by atoms with Crippen LogP contribution in [0.25, 0.3) is 0 Å². The molecule has 0 radical (unpaired) electrons. The monoisotopic (exact) mass is 375 g/mol. The molecule has 146 valence electrons. The molecule has 1 N–H and O–H groups in total. The van der Waals surface area contributed by atoms with E-state index in [4.69, 9.17) is 4.74 Å². The van der Waals surface area contributed by atoms with E-state index >= 15 is 0 Å². The number of hydrogen-bond donors (Lipinski definition) is 1. The molecule has 0 atom stereocenters. The number of rotatable bonds is 8. The first kappa shape index (κ1) is 21.0. The number of hydrogen-bond acceptors (Lipinski definition) is 2. The third kappa shape index (κ3) is 6.75. The van der Waals surface area contributed by atoms with Gasteiger partial charge < -0.3 is 10.1 Å². The molecule has 27 heavy (non-hydrogen) atoms. The Bertz CT molecular complexity index is 719. The first-order valence-corrected chi connectivity index (χ1v) is 9.32. The Labute approximate surface area is 159 Å². The predicted molar refractivity (Wildman–Crippen MR) is 104 cm³/mol. The second-order valence-electron chi connectivity index (χ2n) is 6.70. The molecule has 3 nitrogen and oxygen atoms in total. The minimum absolute atomic E-state index is 0.0328. The van der Waals surface area contributed by atoms with Crippen LogP contribution in [0.5, 0.6) is 0 Å². The van der Waals surface area contributed by atoms with Gasteiger partial charge in [0.05, 0.1) is 5.56 Å². The van der Waals surface area contributed by atoms with Crippen LogP contribution < -0.4 is 5.32 Å². The van der Waals surface area contributed by atoms with Gasteiger partial charge in [-0.3, -0.25) is 4.79 Å². The third-order valence-corrected chi connectivity index (χ3v) is 4.69. The zero-order valence-electron chi connectivity index (χ0n) is 15.8. The van der Waals surface area contributed by atoms with Crippen LogP contribution >= 0.6 is 0 Å². The summed E-state index contributed by atoms with van der Waals surface area (Å²) in [5.41, 5.74) is 1.22. The highest BCUT2D eigenvalue weighted by molar-refractivity contribution is 5.94. The van der Waals surface area contributed by atoms with E-state index in [1.54, 1.807) is 24.3 Å². The summed E-state index contributed by atoms with van der Waals surface area (Å²) in [5.74, 6) is -1.08. The second-order valence-corrected chi connectivity index (χ2v) is 6.70. The van der Waals surface area contributed by atoms with Crippen LogP contribution in [0.3, 0.4) is 0 Å². The lowest BCUT2D eigenvalue weighted by atomic mass is 10.00. The molecule has 1 fully saturated rings. The molecule has 1 saturated heterocycles. The Morgan fingerprint density at radius 2 is 2.11 bits per heavy atom. The van der Waals surface area contributed by atoms with E-state index in [0.29, 0.717) is 49.7 Å². The van der Waals surface area contributed by atoms with Crippen molar-refractivity contribution in [1.82, 2.24) is 5.32 Å². The smallest absolute Gasteiger partial charge is 0.254 e. The molecule has 0 spiro atoms. The van der Waals surface area contributed by atoms with Gasteiger partial charge in [0.2, 0.25) is 0 Å². The van der Waals surface area contributed by atoms with Crippen molar-refractivity contribution in [1.29, 1.82) is 0 Å². The molecule has 5 heteroatoms. The van der Waals surface area contributed by atoms with E-state index in [-0.39, 0.29) is 5.56 Å². The average Bonchev–Trinajstić information content (AvgIpc) is 2.66. The number of carbonyl (C=O) groups is 1. The summed E-state index contributed by atoms with van der Waals surface area (Å²) in [7, 11) is 0. The fourth-order valence-corrected chi connectivity index (χ4v) is 2.98. The van der Waals surface area contributed by atoms with Crippen molar-refractivity contribution in [3.05, 3.63) is 71.4 Å². The highest BCUT2D eigenvalue weighted by atomic mass is 19.1. The second kappa shape index (κ2) is 10.8. The summed E-state index contributed by atoms with van der Waals surface area (Å²) in [6, 6.07) is 4.54. The number of amides is 1. The zero-order chi connectivity index (χ0) is 19.6. The maximum absolute atomic E-state index is 14.4. The summed E-state index contributed by atoms with van der Waals surface area (Å²) in [6.07, 6.45) is 7.90. The summed E-state index contributed by atoms with van der Waals surface area (Å²) in [5, 5.41) is 2.80. The summed E-state index contributed by atoms with van der Waals surface area (Å²) in [4.78, 5) is 12.2. The lowest BCUT2D eigenvalue weighted by molar-refractivity contribution is 0.0642. The van der Waals surface area contributed by atoms with Crippen LogP contribution in [0.1, 0.15) is 42.1 Å². The van der Waals surface area contributed by atoms with Gasteiger partial charge in [0.25, 0.3) is 5.91 Å². The van der Waals surface area contributed by atoms with E-state index in [0.717, 1.165) is 12.8 Å². The first-order chi connectivity index (χ1) is 13.0. The van der Waals surface area contributed by atoms with Gasteiger partial charge in [-0.1, -0.05) is 30.9 Å². The van der Waals surface area contributed by atoms with Crippen molar-refractivity contribution in [2.24, 2.45) is 5.92 Å². The Hall–Kier alpha value is -2.27. The van der Waals surface area contributed by atoms with Gasteiger partial charge in [-0.05, 0) is 61.8 Å². The molecule has 1 aliphatic heterocycles. The predicted octanol–water partition coefficient (Wildman–Crippen LogP) is 4.90. The Morgan fingerprint density at radius 1 is 1.37 bits per heavy atom. The summed E-state index contributed by atoms with van der Waals surface area (Å²) >= 11 is 0. The molecule has 1 amide bonds. The van der Waals surface area contributed by atoms with E-state index in [1.807, 2.05) is 6.92 Å². The van der Waals surface area contributed by atoms with Crippen molar-refractivity contribution in [3.63, 3.8) is 0 Å². The molecule has 1 aliphatic rings. The Morgan fingerprint density at radius 3 is 2.74 bits per heavy atom. The van der Waals surface area contributed by atoms with Gasteiger partial charge >= 0.3 is 0 Å². The molecule has 0 bridgehead atoms. The van der Waals surface area contributed by atoms with E-state index in [2.05, 4.69) is 11.9 Å². The van der Waals surface area contributed by atoms with Gasteiger partial charge in [-0.2, -0.15) is 0 Å². The first-order valence-electron chi connectivity index (χ1n) is 9.32. The summed E-state index contributed by atoms with van der Waals surface area (Å²) in [6.45, 7) is 7.12. The van der Waals surface area contributed by atoms with E-state index in [1.165, 1.54) is 12.1 Å². The normalized spacial score (nSPS) is 15.9. The van der Waals surface area contributed by atoms with Gasteiger partial charge in [-0.25, -0.2) is 8.78 Å². The maximum Gasteiger partial charge on any atom is 0.254 e. The highest BCUT2D eigenvalue weighted by Crippen LogP contribution is 2.19. The van der Waals surface area contributed by atoms with E-state index < -0.39 is 17.6 Å². The van der Waals surface area contributed by atoms with Crippen molar-refractivity contribution in [2.45, 2.75) is 32.6 Å². The Balaban J connectivity index is 1.93. The lowest BCUT2D eigenvalue weighted by Crippen LogP contribution is -2.32. The number of aryl methyl sites for hydroxylation is 1. The minimum atomic E-state index is -0.560. The third-order valence-electron chi connectivity index (χ3n) is 4.69. The van der Waals surface area contributed by atoms with Crippen molar-refractivity contribution < 1.29 is 18.3 Å². The molecule has 1 aromatic rings. The Kier molecular flexibility index (Phi) is 8.40. The number of allylic oxidation sites excluding steroid dienone is 5. The van der Waals surface area contributed by atoms with Crippen molar-refractivity contribution in [2.75, 3.05) is 19.8 Å². The fraction of sp³-hybridized carbons (Fsp3) is 0.409. The van der Waals surface area contributed by atoms with Crippen LogP contribution in [0.15, 0.2) is 54.4 Å². The molecule has 0 aromatic heterocycles. The molecule has 2 rings (SSSR count). The van der Waals surface area contributed by atoms with Crippen LogP contribution in [0, 0.1) is 11.7 Å². The van der Waals surface area contributed by atoms with Gasteiger partial charge in [0.1, 0.15) is 11.6 Å². The molecule has 0 saturated carbocycles. The SMILES string of the molecule is C=C(F)/C(=C\C=C/C)CCc1ccc(C(=O)NCC2CCOCC2)c(F)c1. The molecule has 1 heterocycles.